The minimum Gasteiger partial charge on any atom is -0.373 e. The standard InChI is InChI=1S/C13H17F3N2O/c1-17(2)6-7-18(3)12-5-4-10(9-19)8-11(12)13(14,15)16/h4-5,8-9H,6-7H2,1-3H3. The molecule has 0 radical (unpaired) electrons. The quantitative estimate of drug-likeness (QED) is 0.771. The second-order valence-corrected chi connectivity index (χ2v) is 4.62. The van der Waals surface area contributed by atoms with E-state index >= 15 is 0 Å². The Morgan fingerprint density at radius 2 is 1.79 bits per heavy atom. The van der Waals surface area contributed by atoms with E-state index in [0.717, 1.165) is 6.07 Å². The number of anilines is 1. The van der Waals surface area contributed by atoms with Gasteiger partial charge in [0.15, 0.2) is 0 Å². The number of alkyl halides is 3. The molecule has 0 aliphatic rings. The van der Waals surface area contributed by atoms with Crippen LogP contribution in [0.15, 0.2) is 18.2 Å². The largest absolute Gasteiger partial charge is 0.418 e. The van der Waals surface area contributed by atoms with E-state index in [1.165, 1.54) is 17.0 Å². The molecule has 106 valence electrons. The van der Waals surface area contributed by atoms with Crippen molar-refractivity contribution in [2.24, 2.45) is 0 Å². The normalized spacial score (nSPS) is 11.7. The van der Waals surface area contributed by atoms with E-state index in [1.54, 1.807) is 7.05 Å². The van der Waals surface area contributed by atoms with Crippen LogP contribution in [0.4, 0.5) is 18.9 Å². The Balaban J connectivity index is 3.08. The van der Waals surface area contributed by atoms with Crippen LogP contribution in [0.5, 0.6) is 0 Å². The van der Waals surface area contributed by atoms with Gasteiger partial charge in [0.2, 0.25) is 0 Å². The van der Waals surface area contributed by atoms with Gasteiger partial charge in [-0.3, -0.25) is 4.79 Å². The highest BCUT2D eigenvalue weighted by Crippen LogP contribution is 2.36. The fraction of sp³-hybridized carbons (Fsp3) is 0.462. The number of carbonyl (C=O) groups is 1. The van der Waals surface area contributed by atoms with Crippen molar-refractivity contribution < 1.29 is 18.0 Å². The minimum atomic E-state index is -4.47. The maximum absolute atomic E-state index is 13.0. The molecule has 19 heavy (non-hydrogen) atoms. The summed E-state index contributed by atoms with van der Waals surface area (Å²) in [6, 6.07) is 3.61. The molecule has 0 aliphatic carbocycles. The van der Waals surface area contributed by atoms with E-state index in [9.17, 15) is 18.0 Å². The summed E-state index contributed by atoms with van der Waals surface area (Å²) in [7, 11) is 5.32. The van der Waals surface area contributed by atoms with E-state index in [-0.39, 0.29) is 11.3 Å². The highest BCUT2D eigenvalue weighted by Gasteiger charge is 2.34. The molecule has 0 bridgehead atoms. The lowest BCUT2D eigenvalue weighted by Gasteiger charge is -2.25. The molecule has 0 heterocycles. The Bertz CT molecular complexity index is 444. The summed E-state index contributed by atoms with van der Waals surface area (Å²) >= 11 is 0. The topological polar surface area (TPSA) is 23.6 Å². The van der Waals surface area contributed by atoms with E-state index in [2.05, 4.69) is 0 Å². The molecule has 3 nitrogen and oxygen atoms in total. The summed E-state index contributed by atoms with van der Waals surface area (Å²) in [5.41, 5.74) is -0.671. The van der Waals surface area contributed by atoms with Gasteiger partial charge in [-0.25, -0.2) is 0 Å². The van der Waals surface area contributed by atoms with E-state index in [0.29, 0.717) is 19.4 Å². The molecule has 0 aromatic heterocycles. The van der Waals surface area contributed by atoms with Crippen molar-refractivity contribution >= 4 is 12.0 Å². The van der Waals surface area contributed by atoms with E-state index in [1.807, 2.05) is 19.0 Å². The number of carbonyl (C=O) groups excluding carboxylic acids is 1. The average Bonchev–Trinajstić information content (AvgIpc) is 2.34. The van der Waals surface area contributed by atoms with Gasteiger partial charge in [0.25, 0.3) is 0 Å². The van der Waals surface area contributed by atoms with Crippen LogP contribution in [-0.2, 0) is 6.18 Å². The third-order valence-corrected chi connectivity index (χ3v) is 2.76. The number of nitrogens with zero attached hydrogens (tertiary/aromatic N) is 2. The van der Waals surface area contributed by atoms with Gasteiger partial charge in [0.05, 0.1) is 5.56 Å². The number of likely N-dealkylation sites (N-methyl/N-ethyl adjacent to an activating group) is 2. The zero-order chi connectivity index (χ0) is 14.6. The van der Waals surface area contributed by atoms with Crippen LogP contribution in [0.25, 0.3) is 0 Å². The summed E-state index contributed by atoms with van der Waals surface area (Å²) in [5, 5.41) is 0. The number of hydrogen-bond donors (Lipinski definition) is 0. The maximum atomic E-state index is 13.0. The van der Waals surface area contributed by atoms with Crippen LogP contribution < -0.4 is 4.90 Å². The van der Waals surface area contributed by atoms with Crippen molar-refractivity contribution in [2.75, 3.05) is 39.1 Å². The first-order valence-electron chi connectivity index (χ1n) is 5.78. The lowest BCUT2D eigenvalue weighted by atomic mass is 10.1. The Morgan fingerprint density at radius 3 is 2.26 bits per heavy atom. The van der Waals surface area contributed by atoms with Gasteiger partial charge >= 0.3 is 6.18 Å². The molecule has 0 unspecified atom stereocenters. The molecule has 0 fully saturated rings. The predicted octanol–water partition coefficient (Wildman–Crippen LogP) is 2.52. The summed E-state index contributed by atoms with van der Waals surface area (Å²) in [6.07, 6.45) is -4.06. The van der Waals surface area contributed by atoms with Crippen LogP contribution in [0, 0.1) is 0 Å². The van der Waals surface area contributed by atoms with Crippen LogP contribution in [0.3, 0.4) is 0 Å². The summed E-state index contributed by atoms with van der Waals surface area (Å²) in [4.78, 5) is 14.0. The van der Waals surface area contributed by atoms with Crippen molar-refractivity contribution in [3.63, 3.8) is 0 Å². The number of halogens is 3. The monoisotopic (exact) mass is 274 g/mol. The molecular formula is C13H17F3N2O. The summed E-state index contributed by atoms with van der Waals surface area (Å²) < 4.78 is 38.9. The third kappa shape index (κ3) is 4.24. The van der Waals surface area contributed by atoms with Crippen LogP contribution in [0.1, 0.15) is 15.9 Å². The fourth-order valence-electron chi connectivity index (χ4n) is 1.66. The van der Waals surface area contributed by atoms with E-state index in [4.69, 9.17) is 0 Å². The number of hydrogen-bond acceptors (Lipinski definition) is 3. The number of benzene rings is 1. The first kappa shape index (κ1) is 15.5. The predicted molar refractivity (Wildman–Crippen MR) is 68.7 cm³/mol. The molecule has 0 saturated heterocycles. The van der Waals surface area contributed by atoms with Crippen LogP contribution >= 0.6 is 0 Å². The summed E-state index contributed by atoms with van der Waals surface area (Å²) in [6.45, 7) is 1.11. The van der Waals surface area contributed by atoms with Gasteiger partial charge in [-0.2, -0.15) is 13.2 Å². The van der Waals surface area contributed by atoms with Crippen molar-refractivity contribution in [3.05, 3.63) is 29.3 Å². The molecule has 0 aliphatic heterocycles. The Labute approximate surface area is 110 Å². The first-order valence-corrected chi connectivity index (χ1v) is 5.78. The smallest absolute Gasteiger partial charge is 0.373 e. The van der Waals surface area contributed by atoms with Crippen molar-refractivity contribution in [2.45, 2.75) is 6.18 Å². The molecule has 1 rings (SSSR count). The van der Waals surface area contributed by atoms with Gasteiger partial charge in [-0.1, -0.05) is 0 Å². The second kappa shape index (κ2) is 6.06. The van der Waals surface area contributed by atoms with Gasteiger partial charge < -0.3 is 9.80 Å². The molecule has 1 aromatic rings. The molecule has 0 saturated carbocycles. The lowest BCUT2D eigenvalue weighted by molar-refractivity contribution is -0.137. The minimum absolute atomic E-state index is 0.0251. The molecule has 0 atom stereocenters. The lowest BCUT2D eigenvalue weighted by Crippen LogP contribution is -2.30. The molecular weight excluding hydrogens is 257 g/mol. The first-order chi connectivity index (χ1) is 8.75. The molecule has 0 spiro atoms. The molecule has 1 aromatic carbocycles. The van der Waals surface area contributed by atoms with Crippen LogP contribution in [-0.4, -0.2) is 45.4 Å². The van der Waals surface area contributed by atoms with Crippen molar-refractivity contribution in [3.8, 4) is 0 Å². The summed E-state index contributed by atoms with van der Waals surface area (Å²) in [5.74, 6) is 0. The van der Waals surface area contributed by atoms with Gasteiger partial charge in [-0.15, -0.1) is 0 Å². The van der Waals surface area contributed by atoms with Gasteiger partial charge in [-0.05, 0) is 32.3 Å². The van der Waals surface area contributed by atoms with Gasteiger partial charge in [0, 0.05) is 31.4 Å². The molecule has 0 amide bonds. The van der Waals surface area contributed by atoms with Crippen molar-refractivity contribution in [1.82, 2.24) is 4.90 Å². The zero-order valence-corrected chi connectivity index (χ0v) is 11.2. The molecule has 0 N–H and O–H groups in total. The van der Waals surface area contributed by atoms with Crippen LogP contribution in [0.2, 0.25) is 0 Å². The Kier molecular flexibility index (Phi) is 4.94. The van der Waals surface area contributed by atoms with Crippen molar-refractivity contribution in [1.29, 1.82) is 0 Å². The second-order valence-electron chi connectivity index (χ2n) is 4.62. The Morgan fingerprint density at radius 1 is 1.16 bits per heavy atom. The third-order valence-electron chi connectivity index (χ3n) is 2.76. The number of rotatable bonds is 5. The fourth-order valence-corrected chi connectivity index (χ4v) is 1.66. The SMILES string of the molecule is CN(C)CCN(C)c1ccc(C=O)cc1C(F)(F)F. The number of aldehydes is 1. The maximum Gasteiger partial charge on any atom is 0.418 e. The zero-order valence-electron chi connectivity index (χ0n) is 11.2. The molecule has 6 heteroatoms. The average molecular weight is 274 g/mol. The van der Waals surface area contributed by atoms with E-state index < -0.39 is 11.7 Å². The Hall–Kier alpha value is -1.56. The van der Waals surface area contributed by atoms with Gasteiger partial charge in [0.1, 0.15) is 6.29 Å². The highest BCUT2D eigenvalue weighted by atomic mass is 19.4. The highest BCUT2D eigenvalue weighted by molar-refractivity contribution is 5.77.